The van der Waals surface area contributed by atoms with Gasteiger partial charge in [0.1, 0.15) is 0 Å². The smallest absolute Gasteiger partial charge is 0.0575 e. The van der Waals surface area contributed by atoms with Crippen LogP contribution in [-0.4, -0.2) is 24.7 Å². The fourth-order valence-electron chi connectivity index (χ4n) is 5.88. The number of nitrogens with zero attached hydrogens (tertiary/aromatic N) is 1. The predicted octanol–water partition coefficient (Wildman–Crippen LogP) is 7.05. The molecule has 6 rings (SSSR count). The zero-order chi connectivity index (χ0) is 28.0. The van der Waals surface area contributed by atoms with Crippen LogP contribution in [0.2, 0.25) is 0 Å². The lowest BCUT2D eigenvalue weighted by Gasteiger charge is -2.36. The third kappa shape index (κ3) is 5.91. The molecular formula is C38H35NP2. The molecule has 0 unspecified atom stereocenters. The predicted molar refractivity (Wildman–Crippen MR) is 182 cm³/mol. The average Bonchev–Trinajstić information content (AvgIpc) is 3.49. The van der Waals surface area contributed by atoms with Crippen LogP contribution in [0.1, 0.15) is 11.6 Å². The summed E-state index contributed by atoms with van der Waals surface area (Å²) in [5.41, 5.74) is 3.18. The van der Waals surface area contributed by atoms with Crippen LogP contribution in [0.15, 0.2) is 169 Å². The largest absolute Gasteiger partial charge is 0.299 e. The van der Waals surface area contributed by atoms with Crippen LogP contribution < -0.4 is 26.5 Å². The Labute approximate surface area is 247 Å². The van der Waals surface area contributed by atoms with Gasteiger partial charge in [-0.1, -0.05) is 164 Å². The first kappa shape index (κ1) is 27.6. The van der Waals surface area contributed by atoms with Gasteiger partial charge in [-0.05, 0) is 67.6 Å². The first-order valence-electron chi connectivity index (χ1n) is 14.2. The number of hydrogen-bond acceptors (Lipinski definition) is 1. The first-order chi connectivity index (χ1) is 20.2. The van der Waals surface area contributed by atoms with E-state index in [1.807, 2.05) is 0 Å². The fourth-order valence-corrected chi connectivity index (χ4v) is 11.1. The van der Waals surface area contributed by atoms with E-state index in [0.29, 0.717) is 5.66 Å². The fraction of sp³-hybridized carbons (Fsp3) is 0.105. The summed E-state index contributed by atoms with van der Waals surface area (Å²) in [6.07, 6.45) is 7.12. The lowest BCUT2D eigenvalue weighted by molar-refractivity contribution is 0.337. The molecule has 0 heterocycles. The summed E-state index contributed by atoms with van der Waals surface area (Å²) >= 11 is 0. The lowest BCUT2D eigenvalue weighted by Crippen LogP contribution is -2.33. The van der Waals surface area contributed by atoms with Gasteiger partial charge in [-0.25, -0.2) is 0 Å². The molecule has 1 aliphatic carbocycles. The molecule has 1 nitrogen and oxygen atoms in total. The molecule has 0 N–H and O–H groups in total. The Morgan fingerprint density at radius 3 is 1.46 bits per heavy atom. The zero-order valence-corrected chi connectivity index (χ0v) is 25.4. The van der Waals surface area contributed by atoms with E-state index in [1.165, 1.54) is 37.7 Å². The molecule has 41 heavy (non-hydrogen) atoms. The summed E-state index contributed by atoms with van der Waals surface area (Å²) in [6.45, 7) is 0. The van der Waals surface area contributed by atoms with Crippen molar-refractivity contribution in [2.24, 2.45) is 0 Å². The normalized spacial score (nSPS) is 15.4. The van der Waals surface area contributed by atoms with E-state index in [4.69, 9.17) is 0 Å². The van der Waals surface area contributed by atoms with Crippen LogP contribution in [0.5, 0.6) is 0 Å². The van der Waals surface area contributed by atoms with Crippen LogP contribution >= 0.6 is 15.8 Å². The average molecular weight is 568 g/mol. The Kier molecular flexibility index (Phi) is 8.69. The number of allylic oxidation sites excluding steroid dienone is 3. The molecule has 0 aliphatic heterocycles. The highest BCUT2D eigenvalue weighted by Gasteiger charge is 2.35. The van der Waals surface area contributed by atoms with Gasteiger partial charge in [-0.2, -0.15) is 0 Å². The molecule has 3 heteroatoms. The highest BCUT2D eigenvalue weighted by Crippen LogP contribution is 2.50. The minimum Gasteiger partial charge on any atom is -0.299 e. The van der Waals surface area contributed by atoms with Crippen molar-refractivity contribution in [2.75, 3.05) is 14.1 Å². The Hall–Kier alpha value is -3.60. The molecular weight excluding hydrogens is 532 g/mol. The van der Waals surface area contributed by atoms with Gasteiger partial charge in [-0.3, -0.25) is 4.90 Å². The van der Waals surface area contributed by atoms with Crippen LogP contribution in [-0.2, 0) is 0 Å². The Bertz CT molecular complexity index is 1530. The third-order valence-corrected chi connectivity index (χ3v) is 12.9. The molecule has 2 atom stereocenters. The third-order valence-electron chi connectivity index (χ3n) is 7.60. The highest BCUT2D eigenvalue weighted by atomic mass is 31.1. The number of benzene rings is 5. The summed E-state index contributed by atoms with van der Waals surface area (Å²) in [6, 6.07) is 53.6. The minimum absolute atomic E-state index is 0.154. The lowest BCUT2D eigenvalue weighted by atomic mass is 9.96. The van der Waals surface area contributed by atoms with E-state index < -0.39 is 15.8 Å². The molecule has 0 aromatic heterocycles. The molecule has 5 aromatic rings. The summed E-state index contributed by atoms with van der Waals surface area (Å²) in [5, 5.41) is 7.01. The maximum atomic E-state index is 2.44. The van der Waals surface area contributed by atoms with E-state index in [1.54, 1.807) is 0 Å². The number of rotatable bonds is 9. The molecule has 0 spiro atoms. The van der Waals surface area contributed by atoms with Crippen LogP contribution in [0.25, 0.3) is 0 Å². The molecule has 0 fully saturated rings. The van der Waals surface area contributed by atoms with E-state index in [-0.39, 0.29) is 6.04 Å². The summed E-state index contributed by atoms with van der Waals surface area (Å²) in [7, 11) is 3.12. The van der Waals surface area contributed by atoms with Gasteiger partial charge in [0.15, 0.2) is 0 Å². The standard InChI is InChI=1S/C38H35NP2/c1-39(2)38(35-27-17-29-37(35)41(32-22-11-5-12-23-32)33-24-13-6-14-25-33)34-26-15-16-28-36(34)40(30-18-7-3-8-19-30)31-20-9-4-10-21-31/h3-29,37-38H,1-2H3/t37-,38-/m1/s1. The Morgan fingerprint density at radius 1 is 0.537 bits per heavy atom. The van der Waals surface area contributed by atoms with Crippen molar-refractivity contribution in [3.8, 4) is 0 Å². The molecule has 5 aromatic carbocycles. The molecule has 1 aliphatic rings. The van der Waals surface area contributed by atoms with E-state index in [2.05, 4.69) is 183 Å². The van der Waals surface area contributed by atoms with Gasteiger partial charge in [0.05, 0.1) is 6.04 Å². The molecule has 0 saturated heterocycles. The number of likely N-dealkylation sites (N-methyl/N-ethyl adjacent to an activating group) is 1. The Morgan fingerprint density at radius 2 is 0.976 bits per heavy atom. The van der Waals surface area contributed by atoms with Gasteiger partial charge < -0.3 is 0 Å². The number of hydrogen-bond donors (Lipinski definition) is 0. The van der Waals surface area contributed by atoms with Crippen molar-refractivity contribution in [3.05, 3.63) is 175 Å². The zero-order valence-electron chi connectivity index (χ0n) is 23.6. The highest BCUT2D eigenvalue weighted by molar-refractivity contribution is 7.80. The molecule has 0 radical (unpaired) electrons. The summed E-state index contributed by atoms with van der Waals surface area (Å²) < 4.78 is 0. The second kappa shape index (κ2) is 12.9. The minimum atomic E-state index is -0.725. The van der Waals surface area contributed by atoms with E-state index in [0.717, 1.165) is 0 Å². The summed E-state index contributed by atoms with van der Waals surface area (Å²) in [5.74, 6) is 0. The van der Waals surface area contributed by atoms with Gasteiger partial charge in [0, 0.05) is 5.66 Å². The summed E-state index contributed by atoms with van der Waals surface area (Å²) in [4.78, 5) is 2.41. The molecule has 0 saturated carbocycles. The van der Waals surface area contributed by atoms with Gasteiger partial charge in [0.2, 0.25) is 0 Å². The van der Waals surface area contributed by atoms with Gasteiger partial charge in [0.25, 0.3) is 0 Å². The second-order valence-electron chi connectivity index (χ2n) is 10.5. The van der Waals surface area contributed by atoms with Crippen molar-refractivity contribution in [3.63, 3.8) is 0 Å². The quantitative estimate of drug-likeness (QED) is 0.173. The Balaban J connectivity index is 1.48. The molecule has 0 amide bonds. The maximum Gasteiger partial charge on any atom is 0.0575 e. The van der Waals surface area contributed by atoms with E-state index in [9.17, 15) is 0 Å². The topological polar surface area (TPSA) is 3.24 Å². The van der Waals surface area contributed by atoms with Gasteiger partial charge in [-0.15, -0.1) is 0 Å². The maximum absolute atomic E-state index is 2.44. The van der Waals surface area contributed by atoms with Crippen LogP contribution in [0.3, 0.4) is 0 Å². The SMILES string of the molecule is CN(C)[C@@H](C1=CC=C[C@H]1P(c1ccccc1)c1ccccc1)c1ccccc1P(c1ccccc1)c1ccccc1. The van der Waals surface area contributed by atoms with Crippen LogP contribution in [0, 0.1) is 0 Å². The first-order valence-corrected chi connectivity index (χ1v) is 16.9. The van der Waals surface area contributed by atoms with E-state index >= 15 is 0 Å². The van der Waals surface area contributed by atoms with Crippen molar-refractivity contribution < 1.29 is 0 Å². The van der Waals surface area contributed by atoms with Crippen molar-refractivity contribution in [1.82, 2.24) is 4.90 Å². The van der Waals surface area contributed by atoms with Crippen molar-refractivity contribution >= 4 is 42.4 Å². The monoisotopic (exact) mass is 567 g/mol. The van der Waals surface area contributed by atoms with Crippen LogP contribution in [0.4, 0.5) is 0 Å². The molecule has 0 bridgehead atoms. The van der Waals surface area contributed by atoms with Gasteiger partial charge >= 0.3 is 0 Å². The van der Waals surface area contributed by atoms with Crippen molar-refractivity contribution in [1.29, 1.82) is 0 Å². The second-order valence-corrected chi connectivity index (χ2v) is 15.0. The van der Waals surface area contributed by atoms with Crippen molar-refractivity contribution in [2.45, 2.75) is 11.7 Å². The molecule has 202 valence electrons.